The van der Waals surface area contributed by atoms with Gasteiger partial charge in [0.2, 0.25) is 0 Å². The van der Waals surface area contributed by atoms with Crippen LogP contribution < -0.4 is 11.3 Å². The summed E-state index contributed by atoms with van der Waals surface area (Å²) in [5, 5.41) is 0.511. The number of carbonyl (C=O) groups is 1. The van der Waals surface area contributed by atoms with Crippen molar-refractivity contribution in [1.82, 2.24) is 9.38 Å². The highest BCUT2D eigenvalue weighted by atomic mass is 16.1. The van der Waals surface area contributed by atoms with E-state index in [4.69, 9.17) is 5.73 Å². The van der Waals surface area contributed by atoms with E-state index in [1.54, 1.807) is 42.6 Å². The van der Waals surface area contributed by atoms with Crippen LogP contribution in [0.15, 0.2) is 47.4 Å². The van der Waals surface area contributed by atoms with Crippen molar-refractivity contribution >= 4 is 22.5 Å². The molecule has 2 N–H and O–H groups in total. The van der Waals surface area contributed by atoms with Gasteiger partial charge in [-0.2, -0.15) is 0 Å². The number of pyridine rings is 1. The monoisotopic (exact) mass is 239 g/mol. The predicted octanol–water partition coefficient (Wildman–Crippen LogP) is 0.947. The summed E-state index contributed by atoms with van der Waals surface area (Å²) in [5.41, 5.74) is 6.14. The molecule has 0 atom stereocenters. The zero-order chi connectivity index (χ0) is 12.7. The first-order valence-electron chi connectivity index (χ1n) is 5.38. The van der Waals surface area contributed by atoms with Crippen LogP contribution in [-0.4, -0.2) is 15.3 Å². The molecule has 18 heavy (non-hydrogen) atoms. The minimum atomic E-state index is -0.602. The number of nitrogens with zero attached hydrogens (tertiary/aromatic N) is 2. The SMILES string of the molecule is NC(=O)c1cccn2c(=O)c3ccccc3nc12. The number of hydrogen-bond acceptors (Lipinski definition) is 3. The number of hydrogen-bond donors (Lipinski definition) is 1. The summed E-state index contributed by atoms with van der Waals surface area (Å²) < 4.78 is 1.34. The van der Waals surface area contributed by atoms with Crippen LogP contribution in [0.2, 0.25) is 0 Å². The summed E-state index contributed by atoms with van der Waals surface area (Å²) in [4.78, 5) is 27.9. The number of aromatic nitrogens is 2. The lowest BCUT2D eigenvalue weighted by Crippen LogP contribution is -2.20. The Labute approximate surface area is 101 Å². The molecule has 2 heterocycles. The second-order valence-electron chi connectivity index (χ2n) is 3.91. The van der Waals surface area contributed by atoms with Gasteiger partial charge >= 0.3 is 0 Å². The van der Waals surface area contributed by atoms with Gasteiger partial charge in [0.15, 0.2) is 5.65 Å². The van der Waals surface area contributed by atoms with Crippen molar-refractivity contribution in [2.24, 2.45) is 5.73 Å². The molecule has 0 bridgehead atoms. The van der Waals surface area contributed by atoms with Crippen LogP contribution in [0.3, 0.4) is 0 Å². The van der Waals surface area contributed by atoms with Gasteiger partial charge in [0.1, 0.15) is 0 Å². The molecule has 3 aromatic rings. The number of rotatable bonds is 1. The molecule has 5 nitrogen and oxygen atoms in total. The Bertz CT molecular complexity index is 836. The quantitative estimate of drug-likeness (QED) is 0.642. The van der Waals surface area contributed by atoms with Crippen molar-refractivity contribution in [3.63, 3.8) is 0 Å². The summed E-state index contributed by atoms with van der Waals surface area (Å²) in [6, 6.07) is 10.2. The lowest BCUT2D eigenvalue weighted by atomic mass is 10.2. The molecular weight excluding hydrogens is 230 g/mol. The molecule has 2 aromatic heterocycles. The van der Waals surface area contributed by atoms with Gasteiger partial charge in [-0.1, -0.05) is 12.1 Å². The summed E-state index contributed by atoms with van der Waals surface area (Å²) in [6.07, 6.45) is 1.57. The normalized spacial score (nSPS) is 10.9. The smallest absolute Gasteiger partial charge is 0.265 e. The van der Waals surface area contributed by atoms with Crippen LogP contribution in [0.4, 0.5) is 0 Å². The van der Waals surface area contributed by atoms with Crippen molar-refractivity contribution in [2.45, 2.75) is 0 Å². The van der Waals surface area contributed by atoms with E-state index >= 15 is 0 Å². The molecule has 0 unspecified atom stereocenters. The number of primary amides is 1. The largest absolute Gasteiger partial charge is 0.365 e. The zero-order valence-corrected chi connectivity index (χ0v) is 9.33. The van der Waals surface area contributed by atoms with Crippen molar-refractivity contribution in [3.05, 3.63) is 58.5 Å². The number of para-hydroxylation sites is 1. The fraction of sp³-hybridized carbons (Fsp3) is 0. The van der Waals surface area contributed by atoms with E-state index in [2.05, 4.69) is 4.98 Å². The Kier molecular flexibility index (Phi) is 2.13. The maximum atomic E-state index is 12.2. The second kappa shape index (κ2) is 3.66. The Hall–Kier alpha value is -2.69. The standard InChI is InChI=1S/C13H9N3O2/c14-11(17)9-5-3-7-16-12(9)15-10-6-2-1-4-8(10)13(16)18/h1-7H,(H2,14,17). The van der Waals surface area contributed by atoms with Crippen LogP contribution in [0.1, 0.15) is 10.4 Å². The molecule has 88 valence electrons. The van der Waals surface area contributed by atoms with E-state index in [1.165, 1.54) is 4.40 Å². The minimum Gasteiger partial charge on any atom is -0.365 e. The van der Waals surface area contributed by atoms with Crippen molar-refractivity contribution in [3.8, 4) is 0 Å². The zero-order valence-electron chi connectivity index (χ0n) is 9.33. The van der Waals surface area contributed by atoms with Gasteiger partial charge in [-0.15, -0.1) is 0 Å². The van der Waals surface area contributed by atoms with Gasteiger partial charge in [0.05, 0.1) is 16.5 Å². The highest BCUT2D eigenvalue weighted by Gasteiger charge is 2.11. The number of benzene rings is 1. The Balaban J connectivity index is 2.60. The van der Waals surface area contributed by atoms with E-state index in [0.29, 0.717) is 10.9 Å². The predicted molar refractivity (Wildman–Crippen MR) is 67.5 cm³/mol. The van der Waals surface area contributed by atoms with Crippen molar-refractivity contribution in [2.75, 3.05) is 0 Å². The molecule has 0 saturated carbocycles. The Morgan fingerprint density at radius 2 is 1.94 bits per heavy atom. The van der Waals surface area contributed by atoms with E-state index in [0.717, 1.165) is 0 Å². The maximum Gasteiger partial charge on any atom is 0.265 e. The Morgan fingerprint density at radius 1 is 1.17 bits per heavy atom. The lowest BCUT2D eigenvalue weighted by Gasteiger charge is -2.05. The molecule has 0 radical (unpaired) electrons. The first kappa shape index (κ1) is 10.5. The van der Waals surface area contributed by atoms with Crippen LogP contribution in [-0.2, 0) is 0 Å². The van der Waals surface area contributed by atoms with Gasteiger partial charge in [0, 0.05) is 6.20 Å². The lowest BCUT2D eigenvalue weighted by molar-refractivity contribution is 0.100. The van der Waals surface area contributed by atoms with Crippen LogP contribution in [0.5, 0.6) is 0 Å². The number of carbonyl (C=O) groups excluding carboxylic acids is 1. The van der Waals surface area contributed by atoms with Crippen LogP contribution in [0.25, 0.3) is 16.6 Å². The molecule has 0 spiro atoms. The molecule has 1 amide bonds. The first-order valence-corrected chi connectivity index (χ1v) is 5.38. The molecular formula is C13H9N3O2. The van der Waals surface area contributed by atoms with Gasteiger partial charge in [0.25, 0.3) is 11.5 Å². The minimum absolute atomic E-state index is 0.210. The third-order valence-corrected chi connectivity index (χ3v) is 2.81. The van der Waals surface area contributed by atoms with Crippen LogP contribution in [0, 0.1) is 0 Å². The average molecular weight is 239 g/mol. The van der Waals surface area contributed by atoms with E-state index in [9.17, 15) is 9.59 Å². The van der Waals surface area contributed by atoms with Gasteiger partial charge in [-0.05, 0) is 24.3 Å². The van der Waals surface area contributed by atoms with Gasteiger partial charge < -0.3 is 5.73 Å². The van der Waals surface area contributed by atoms with Crippen molar-refractivity contribution < 1.29 is 4.79 Å². The highest BCUT2D eigenvalue weighted by molar-refractivity contribution is 5.99. The topological polar surface area (TPSA) is 77.5 Å². The number of fused-ring (bicyclic) bond motifs is 2. The van der Waals surface area contributed by atoms with E-state index < -0.39 is 5.91 Å². The van der Waals surface area contributed by atoms with E-state index in [-0.39, 0.29) is 16.8 Å². The molecule has 3 rings (SSSR count). The average Bonchev–Trinajstić information content (AvgIpc) is 2.38. The number of nitrogens with two attached hydrogens (primary N) is 1. The van der Waals surface area contributed by atoms with E-state index in [1.807, 2.05) is 0 Å². The maximum absolute atomic E-state index is 12.2. The van der Waals surface area contributed by atoms with Crippen LogP contribution >= 0.6 is 0 Å². The molecule has 0 saturated heterocycles. The number of amides is 1. The molecule has 1 aromatic carbocycles. The fourth-order valence-electron chi connectivity index (χ4n) is 1.97. The third kappa shape index (κ3) is 1.37. The molecule has 0 aliphatic carbocycles. The van der Waals surface area contributed by atoms with Gasteiger partial charge in [-0.25, -0.2) is 4.98 Å². The second-order valence-corrected chi connectivity index (χ2v) is 3.91. The summed E-state index contributed by atoms with van der Waals surface area (Å²) in [5.74, 6) is -0.602. The van der Waals surface area contributed by atoms with Crippen molar-refractivity contribution in [1.29, 1.82) is 0 Å². The Morgan fingerprint density at radius 3 is 2.72 bits per heavy atom. The first-order chi connectivity index (χ1) is 8.68. The highest BCUT2D eigenvalue weighted by Crippen LogP contribution is 2.11. The summed E-state index contributed by atoms with van der Waals surface area (Å²) in [6.45, 7) is 0. The molecule has 0 aliphatic heterocycles. The summed E-state index contributed by atoms with van der Waals surface area (Å²) in [7, 11) is 0. The fourth-order valence-corrected chi connectivity index (χ4v) is 1.97. The molecule has 0 fully saturated rings. The summed E-state index contributed by atoms with van der Waals surface area (Å²) >= 11 is 0. The molecule has 5 heteroatoms. The molecule has 0 aliphatic rings. The third-order valence-electron chi connectivity index (χ3n) is 2.81. The van der Waals surface area contributed by atoms with Gasteiger partial charge in [-0.3, -0.25) is 14.0 Å².